The number of aliphatic hydroxyl groups is 2. The highest BCUT2D eigenvalue weighted by Gasteiger charge is 2.34. The molecule has 16 heavy (non-hydrogen) atoms. The lowest BCUT2D eigenvalue weighted by atomic mass is 10.1. The molecule has 1 fully saturated rings. The number of aliphatic hydroxyl groups excluding tert-OH is 2. The SMILES string of the molecule is NC(CCC(=O)O)C(=O)N1C[C@@H](O)[C@@H](O)C1. The van der Waals surface area contributed by atoms with Crippen molar-refractivity contribution in [2.75, 3.05) is 13.1 Å². The van der Waals surface area contributed by atoms with Crippen LogP contribution in [0, 0.1) is 0 Å². The third kappa shape index (κ3) is 3.16. The maximum Gasteiger partial charge on any atom is 0.303 e. The molecule has 1 aliphatic heterocycles. The second kappa shape index (κ2) is 5.24. The number of hydrogen-bond acceptors (Lipinski definition) is 5. The Morgan fingerprint density at radius 3 is 2.25 bits per heavy atom. The number of nitrogens with two attached hydrogens (primary N) is 1. The van der Waals surface area contributed by atoms with Gasteiger partial charge in [-0.2, -0.15) is 0 Å². The van der Waals surface area contributed by atoms with Crippen molar-refractivity contribution in [3.05, 3.63) is 0 Å². The number of carbonyl (C=O) groups is 2. The van der Waals surface area contributed by atoms with Crippen LogP contribution in [0.1, 0.15) is 12.8 Å². The van der Waals surface area contributed by atoms with Gasteiger partial charge in [0.05, 0.1) is 18.2 Å². The first-order chi connectivity index (χ1) is 7.41. The number of amides is 1. The molecule has 0 aromatic carbocycles. The second-order valence-corrected chi connectivity index (χ2v) is 3.92. The van der Waals surface area contributed by atoms with Crippen molar-refractivity contribution in [2.45, 2.75) is 31.1 Å². The fourth-order valence-electron chi connectivity index (χ4n) is 1.59. The summed E-state index contributed by atoms with van der Waals surface area (Å²) < 4.78 is 0. The van der Waals surface area contributed by atoms with Crippen molar-refractivity contribution in [1.82, 2.24) is 4.90 Å². The van der Waals surface area contributed by atoms with Crippen LogP contribution in [-0.4, -0.2) is 63.4 Å². The fourth-order valence-corrected chi connectivity index (χ4v) is 1.59. The predicted octanol–water partition coefficient (Wildman–Crippen LogP) is -2.26. The van der Waals surface area contributed by atoms with Crippen molar-refractivity contribution in [3.63, 3.8) is 0 Å². The highest BCUT2D eigenvalue weighted by atomic mass is 16.4. The van der Waals surface area contributed by atoms with Crippen LogP contribution in [0.15, 0.2) is 0 Å². The number of carboxylic acid groups (broad SMARTS) is 1. The Balaban J connectivity index is 2.42. The zero-order valence-electron chi connectivity index (χ0n) is 8.74. The Labute approximate surface area is 92.5 Å². The average molecular weight is 232 g/mol. The zero-order valence-corrected chi connectivity index (χ0v) is 8.74. The van der Waals surface area contributed by atoms with E-state index >= 15 is 0 Å². The highest BCUT2D eigenvalue weighted by Crippen LogP contribution is 2.12. The minimum atomic E-state index is -1.01. The number of aliphatic carboxylic acids is 1. The van der Waals surface area contributed by atoms with Crippen LogP contribution in [0.2, 0.25) is 0 Å². The monoisotopic (exact) mass is 232 g/mol. The lowest BCUT2D eigenvalue weighted by molar-refractivity contribution is -0.137. The molecule has 0 aromatic heterocycles. The van der Waals surface area contributed by atoms with Crippen molar-refractivity contribution >= 4 is 11.9 Å². The molecule has 7 heteroatoms. The summed E-state index contributed by atoms with van der Waals surface area (Å²) in [6.45, 7) is 0.0849. The van der Waals surface area contributed by atoms with Gasteiger partial charge in [0, 0.05) is 19.5 Å². The van der Waals surface area contributed by atoms with Crippen LogP contribution >= 0.6 is 0 Å². The van der Waals surface area contributed by atoms with Crippen molar-refractivity contribution in [3.8, 4) is 0 Å². The number of β-amino-alcohol motifs (C(OH)–C–C–N with tert-alkyl or cyclic N) is 2. The van der Waals surface area contributed by atoms with E-state index in [4.69, 9.17) is 10.8 Å². The standard InChI is InChI=1S/C9H16N2O5/c10-5(1-2-8(14)15)9(16)11-3-6(12)7(13)4-11/h5-7,12-13H,1-4,10H2,(H,14,15)/t5?,6-,7+. The molecular weight excluding hydrogens is 216 g/mol. The van der Waals surface area contributed by atoms with Crippen LogP contribution < -0.4 is 5.73 Å². The van der Waals surface area contributed by atoms with E-state index < -0.39 is 30.1 Å². The largest absolute Gasteiger partial charge is 0.481 e. The smallest absolute Gasteiger partial charge is 0.303 e. The molecule has 1 amide bonds. The molecule has 5 N–H and O–H groups in total. The van der Waals surface area contributed by atoms with Gasteiger partial charge in [-0.25, -0.2) is 0 Å². The molecule has 0 spiro atoms. The van der Waals surface area contributed by atoms with Gasteiger partial charge in [-0.3, -0.25) is 9.59 Å². The molecule has 1 saturated heterocycles. The number of carboxylic acids is 1. The lowest BCUT2D eigenvalue weighted by Crippen LogP contribution is -2.43. The first-order valence-electron chi connectivity index (χ1n) is 5.04. The number of hydrogen-bond donors (Lipinski definition) is 4. The Bertz CT molecular complexity index is 273. The number of rotatable bonds is 4. The minimum absolute atomic E-state index is 0.0424. The Kier molecular flexibility index (Phi) is 4.22. The Morgan fingerprint density at radius 1 is 1.31 bits per heavy atom. The second-order valence-electron chi connectivity index (χ2n) is 3.92. The van der Waals surface area contributed by atoms with E-state index in [9.17, 15) is 19.8 Å². The van der Waals surface area contributed by atoms with Gasteiger partial charge in [0.1, 0.15) is 0 Å². The maximum absolute atomic E-state index is 11.6. The zero-order chi connectivity index (χ0) is 12.3. The van der Waals surface area contributed by atoms with Crippen LogP contribution in [-0.2, 0) is 9.59 Å². The topological polar surface area (TPSA) is 124 Å². The van der Waals surface area contributed by atoms with Crippen molar-refractivity contribution in [1.29, 1.82) is 0 Å². The highest BCUT2D eigenvalue weighted by molar-refractivity contribution is 5.82. The van der Waals surface area contributed by atoms with Crippen LogP contribution in [0.5, 0.6) is 0 Å². The van der Waals surface area contributed by atoms with Crippen LogP contribution in [0.25, 0.3) is 0 Å². The number of likely N-dealkylation sites (tertiary alicyclic amines) is 1. The summed E-state index contributed by atoms with van der Waals surface area (Å²) in [7, 11) is 0. The summed E-state index contributed by atoms with van der Waals surface area (Å²) in [5, 5.41) is 26.9. The van der Waals surface area contributed by atoms with E-state index in [1.165, 1.54) is 4.90 Å². The predicted molar refractivity (Wildman–Crippen MR) is 53.4 cm³/mol. The van der Waals surface area contributed by atoms with E-state index in [0.717, 1.165) is 0 Å². The summed E-state index contributed by atoms with van der Waals surface area (Å²) in [5.41, 5.74) is 5.52. The summed E-state index contributed by atoms with van der Waals surface area (Å²) >= 11 is 0. The first kappa shape index (κ1) is 12.9. The summed E-state index contributed by atoms with van der Waals surface area (Å²) in [6, 6.07) is -0.895. The lowest BCUT2D eigenvalue weighted by Gasteiger charge is -2.19. The maximum atomic E-state index is 11.6. The summed E-state index contributed by atoms with van der Waals surface area (Å²) in [5.74, 6) is -1.44. The Morgan fingerprint density at radius 2 is 1.81 bits per heavy atom. The molecule has 1 rings (SSSR count). The molecule has 1 aliphatic rings. The normalized spacial score (nSPS) is 26.8. The molecule has 3 atom stereocenters. The average Bonchev–Trinajstić information content (AvgIpc) is 2.54. The number of carbonyl (C=O) groups excluding carboxylic acids is 1. The molecule has 0 aromatic rings. The van der Waals surface area contributed by atoms with E-state index in [1.54, 1.807) is 0 Å². The minimum Gasteiger partial charge on any atom is -0.481 e. The third-order valence-corrected chi connectivity index (χ3v) is 2.56. The van der Waals surface area contributed by atoms with Gasteiger partial charge < -0.3 is 26.0 Å². The van der Waals surface area contributed by atoms with Gasteiger partial charge in [0.25, 0.3) is 0 Å². The van der Waals surface area contributed by atoms with Crippen molar-refractivity contribution < 1.29 is 24.9 Å². The molecule has 7 nitrogen and oxygen atoms in total. The van der Waals surface area contributed by atoms with E-state index in [0.29, 0.717) is 0 Å². The Hall–Kier alpha value is -1.18. The number of nitrogens with zero attached hydrogens (tertiary/aromatic N) is 1. The van der Waals surface area contributed by atoms with E-state index in [-0.39, 0.29) is 25.9 Å². The summed E-state index contributed by atoms with van der Waals surface area (Å²) in [4.78, 5) is 23.2. The quantitative estimate of drug-likeness (QED) is 0.434. The van der Waals surface area contributed by atoms with Gasteiger partial charge in [-0.05, 0) is 6.42 Å². The van der Waals surface area contributed by atoms with Crippen LogP contribution in [0.4, 0.5) is 0 Å². The molecule has 0 aliphatic carbocycles. The molecular formula is C9H16N2O5. The third-order valence-electron chi connectivity index (χ3n) is 2.56. The molecule has 0 radical (unpaired) electrons. The van der Waals surface area contributed by atoms with Gasteiger partial charge in [-0.1, -0.05) is 0 Å². The van der Waals surface area contributed by atoms with Crippen molar-refractivity contribution in [2.24, 2.45) is 5.73 Å². The molecule has 0 saturated carbocycles. The molecule has 1 unspecified atom stereocenters. The van der Waals surface area contributed by atoms with E-state index in [1.807, 2.05) is 0 Å². The van der Waals surface area contributed by atoms with Crippen LogP contribution in [0.3, 0.4) is 0 Å². The molecule has 92 valence electrons. The molecule has 0 bridgehead atoms. The summed E-state index contributed by atoms with van der Waals surface area (Å²) in [6.07, 6.45) is -2.02. The molecule has 1 heterocycles. The van der Waals surface area contributed by atoms with E-state index in [2.05, 4.69) is 0 Å². The van der Waals surface area contributed by atoms with Gasteiger partial charge in [0.2, 0.25) is 5.91 Å². The first-order valence-corrected chi connectivity index (χ1v) is 5.04. The van der Waals surface area contributed by atoms with Gasteiger partial charge in [-0.15, -0.1) is 0 Å². The van der Waals surface area contributed by atoms with Gasteiger partial charge >= 0.3 is 5.97 Å². The van der Waals surface area contributed by atoms with Gasteiger partial charge in [0.15, 0.2) is 0 Å². The fraction of sp³-hybridized carbons (Fsp3) is 0.778.